The number of carbonyl (C=O) groups is 1. The van der Waals surface area contributed by atoms with Crippen molar-refractivity contribution in [3.8, 4) is 11.5 Å². The van der Waals surface area contributed by atoms with Crippen molar-refractivity contribution in [1.82, 2.24) is 4.90 Å². The lowest BCUT2D eigenvalue weighted by Gasteiger charge is -2.41. The summed E-state index contributed by atoms with van der Waals surface area (Å²) in [5.41, 5.74) is 1.86. The van der Waals surface area contributed by atoms with Gasteiger partial charge in [0.1, 0.15) is 0 Å². The van der Waals surface area contributed by atoms with Crippen LogP contribution in [0.5, 0.6) is 11.5 Å². The van der Waals surface area contributed by atoms with Gasteiger partial charge < -0.3 is 19.3 Å². The molecular weight excluding hydrogens is 304 g/mol. The Morgan fingerprint density at radius 2 is 1.83 bits per heavy atom. The fourth-order valence-electron chi connectivity index (χ4n) is 3.33. The number of carbonyl (C=O) groups excluding carboxylic acids is 1. The first-order valence-electron chi connectivity index (χ1n) is 8.23. The van der Waals surface area contributed by atoms with E-state index in [1.54, 1.807) is 12.1 Å². The standard InChI is InChI=1S/C19H20N2O3/c1-14-12-20(16-5-3-2-4-6-16)9-10-21(14)19(22)15-7-8-17-18(11-15)24-13-23-17/h2-8,11,14H,9-10,12-13H2,1H3. The summed E-state index contributed by atoms with van der Waals surface area (Å²) in [4.78, 5) is 17.1. The van der Waals surface area contributed by atoms with Crippen LogP contribution in [0.2, 0.25) is 0 Å². The number of piperazine rings is 1. The molecule has 5 heteroatoms. The van der Waals surface area contributed by atoms with E-state index in [2.05, 4.69) is 24.0 Å². The minimum Gasteiger partial charge on any atom is -0.454 e. The molecule has 0 spiro atoms. The molecular formula is C19H20N2O3. The summed E-state index contributed by atoms with van der Waals surface area (Å²) in [5, 5.41) is 0. The van der Waals surface area contributed by atoms with Gasteiger partial charge in [-0.05, 0) is 37.3 Å². The number of hydrogen-bond donors (Lipinski definition) is 0. The molecule has 1 fully saturated rings. The maximum Gasteiger partial charge on any atom is 0.254 e. The van der Waals surface area contributed by atoms with Crippen molar-refractivity contribution in [3.05, 3.63) is 54.1 Å². The highest BCUT2D eigenvalue weighted by atomic mass is 16.7. The zero-order valence-electron chi connectivity index (χ0n) is 13.6. The Labute approximate surface area is 141 Å². The van der Waals surface area contributed by atoms with Gasteiger partial charge in [0.2, 0.25) is 6.79 Å². The van der Waals surface area contributed by atoms with Gasteiger partial charge in [0.25, 0.3) is 5.91 Å². The van der Waals surface area contributed by atoms with Crippen molar-refractivity contribution in [1.29, 1.82) is 0 Å². The van der Waals surface area contributed by atoms with Crippen molar-refractivity contribution >= 4 is 11.6 Å². The van der Waals surface area contributed by atoms with Gasteiger partial charge in [0, 0.05) is 36.9 Å². The zero-order chi connectivity index (χ0) is 16.5. The zero-order valence-corrected chi connectivity index (χ0v) is 13.6. The summed E-state index contributed by atoms with van der Waals surface area (Å²) < 4.78 is 10.7. The number of rotatable bonds is 2. The Bertz CT molecular complexity index is 748. The quantitative estimate of drug-likeness (QED) is 0.852. The number of anilines is 1. The van der Waals surface area contributed by atoms with Crippen molar-refractivity contribution in [2.45, 2.75) is 13.0 Å². The number of hydrogen-bond acceptors (Lipinski definition) is 4. The minimum absolute atomic E-state index is 0.0495. The molecule has 2 aliphatic heterocycles. The second-order valence-electron chi connectivity index (χ2n) is 6.20. The Kier molecular flexibility index (Phi) is 3.76. The predicted molar refractivity (Wildman–Crippen MR) is 91.7 cm³/mol. The fraction of sp³-hybridized carbons (Fsp3) is 0.316. The van der Waals surface area contributed by atoms with Crippen LogP contribution in [0, 0.1) is 0 Å². The van der Waals surface area contributed by atoms with Gasteiger partial charge in [0.05, 0.1) is 0 Å². The van der Waals surface area contributed by atoms with Crippen LogP contribution in [0.25, 0.3) is 0 Å². The summed E-state index contributed by atoms with van der Waals surface area (Å²) in [7, 11) is 0. The lowest BCUT2D eigenvalue weighted by atomic mass is 10.1. The van der Waals surface area contributed by atoms with Crippen LogP contribution in [0.1, 0.15) is 17.3 Å². The third kappa shape index (κ3) is 2.66. The molecule has 0 radical (unpaired) electrons. The molecule has 1 unspecified atom stereocenters. The molecule has 0 aliphatic carbocycles. The van der Waals surface area contributed by atoms with Crippen molar-refractivity contribution in [2.75, 3.05) is 31.3 Å². The average molecular weight is 324 g/mol. The van der Waals surface area contributed by atoms with Crippen LogP contribution in [0.15, 0.2) is 48.5 Å². The van der Waals surface area contributed by atoms with E-state index in [9.17, 15) is 4.79 Å². The summed E-state index contributed by atoms with van der Waals surface area (Å²) in [6, 6.07) is 15.9. The Balaban J connectivity index is 1.48. The van der Waals surface area contributed by atoms with Gasteiger partial charge in [-0.2, -0.15) is 0 Å². The molecule has 1 amide bonds. The highest BCUT2D eigenvalue weighted by Crippen LogP contribution is 2.33. The third-order valence-corrected chi connectivity index (χ3v) is 4.63. The number of nitrogens with zero attached hydrogens (tertiary/aromatic N) is 2. The van der Waals surface area contributed by atoms with Crippen LogP contribution < -0.4 is 14.4 Å². The van der Waals surface area contributed by atoms with E-state index in [0.29, 0.717) is 23.6 Å². The predicted octanol–water partition coefficient (Wildman–Crippen LogP) is 2.77. The molecule has 1 saturated heterocycles. The lowest BCUT2D eigenvalue weighted by Crippen LogP contribution is -2.54. The van der Waals surface area contributed by atoms with Crippen molar-refractivity contribution in [2.24, 2.45) is 0 Å². The number of benzene rings is 2. The SMILES string of the molecule is CC1CN(c2ccccc2)CCN1C(=O)c1ccc2c(c1)OCO2. The second kappa shape index (κ2) is 6.07. The second-order valence-corrected chi connectivity index (χ2v) is 6.20. The monoisotopic (exact) mass is 324 g/mol. The smallest absolute Gasteiger partial charge is 0.254 e. The summed E-state index contributed by atoms with van der Waals surface area (Å²) in [6.45, 7) is 4.70. The van der Waals surface area contributed by atoms with Crippen LogP contribution in [0.4, 0.5) is 5.69 Å². The van der Waals surface area contributed by atoms with E-state index >= 15 is 0 Å². The largest absolute Gasteiger partial charge is 0.454 e. The first-order valence-corrected chi connectivity index (χ1v) is 8.23. The summed E-state index contributed by atoms with van der Waals surface area (Å²) >= 11 is 0. The molecule has 4 rings (SSSR count). The molecule has 5 nitrogen and oxygen atoms in total. The number of para-hydroxylation sites is 1. The summed E-state index contributed by atoms with van der Waals surface area (Å²) in [6.07, 6.45) is 0. The topological polar surface area (TPSA) is 42.0 Å². The van der Waals surface area contributed by atoms with Gasteiger partial charge in [-0.1, -0.05) is 18.2 Å². The Morgan fingerprint density at radius 3 is 2.62 bits per heavy atom. The summed E-state index contributed by atoms with van der Waals surface area (Å²) in [5.74, 6) is 1.40. The number of amides is 1. The van der Waals surface area contributed by atoms with Crippen LogP contribution >= 0.6 is 0 Å². The van der Waals surface area contributed by atoms with Crippen molar-refractivity contribution < 1.29 is 14.3 Å². The molecule has 2 heterocycles. The van der Waals surface area contributed by atoms with E-state index < -0.39 is 0 Å². The van der Waals surface area contributed by atoms with Gasteiger partial charge in [0.15, 0.2) is 11.5 Å². The van der Waals surface area contributed by atoms with Crippen LogP contribution in [-0.2, 0) is 0 Å². The molecule has 2 aromatic carbocycles. The molecule has 0 saturated carbocycles. The Hall–Kier alpha value is -2.69. The molecule has 1 atom stereocenters. The third-order valence-electron chi connectivity index (χ3n) is 4.63. The molecule has 24 heavy (non-hydrogen) atoms. The van der Waals surface area contributed by atoms with Gasteiger partial charge in [-0.3, -0.25) is 4.79 Å². The van der Waals surface area contributed by atoms with E-state index in [4.69, 9.17) is 9.47 Å². The normalized spacial score (nSPS) is 19.5. The van der Waals surface area contributed by atoms with Gasteiger partial charge >= 0.3 is 0 Å². The average Bonchev–Trinajstić information content (AvgIpc) is 3.09. The molecule has 124 valence electrons. The van der Waals surface area contributed by atoms with Gasteiger partial charge in [-0.15, -0.1) is 0 Å². The van der Waals surface area contributed by atoms with E-state index in [1.807, 2.05) is 29.2 Å². The fourth-order valence-corrected chi connectivity index (χ4v) is 3.33. The molecule has 0 aromatic heterocycles. The molecule has 0 N–H and O–H groups in total. The highest BCUT2D eigenvalue weighted by molar-refractivity contribution is 5.95. The molecule has 2 aromatic rings. The maximum atomic E-state index is 12.9. The Morgan fingerprint density at radius 1 is 1.04 bits per heavy atom. The molecule has 0 bridgehead atoms. The number of ether oxygens (including phenoxy) is 2. The minimum atomic E-state index is 0.0495. The highest BCUT2D eigenvalue weighted by Gasteiger charge is 2.29. The maximum absolute atomic E-state index is 12.9. The van der Waals surface area contributed by atoms with E-state index in [-0.39, 0.29) is 18.7 Å². The van der Waals surface area contributed by atoms with Gasteiger partial charge in [-0.25, -0.2) is 0 Å². The van der Waals surface area contributed by atoms with Crippen molar-refractivity contribution in [3.63, 3.8) is 0 Å². The molecule has 2 aliphatic rings. The van der Waals surface area contributed by atoms with Crippen LogP contribution in [0.3, 0.4) is 0 Å². The first kappa shape index (κ1) is 14.9. The lowest BCUT2D eigenvalue weighted by molar-refractivity contribution is 0.0673. The number of fused-ring (bicyclic) bond motifs is 1. The van der Waals surface area contributed by atoms with Crippen LogP contribution in [-0.4, -0.2) is 43.3 Å². The first-order chi connectivity index (χ1) is 11.7. The van der Waals surface area contributed by atoms with E-state index in [1.165, 1.54) is 5.69 Å². The van der Waals surface area contributed by atoms with E-state index in [0.717, 1.165) is 13.1 Å².